The van der Waals surface area contributed by atoms with Crippen LogP contribution in [0, 0.1) is 0 Å². The Morgan fingerprint density at radius 2 is 2.07 bits per heavy atom. The van der Waals surface area contributed by atoms with Crippen molar-refractivity contribution < 1.29 is 24.2 Å². The van der Waals surface area contributed by atoms with Gasteiger partial charge in [0.15, 0.2) is 0 Å². The molecule has 8 heteroatoms. The molecule has 0 fully saturated rings. The highest BCUT2D eigenvalue weighted by molar-refractivity contribution is 6.40. The summed E-state index contributed by atoms with van der Waals surface area (Å²) in [5.74, 6) is -0.573. The predicted molar refractivity (Wildman–Crippen MR) is 100 cm³/mol. The molecule has 1 heterocycles. The van der Waals surface area contributed by atoms with Gasteiger partial charge in [-0.05, 0) is 41.5 Å². The van der Waals surface area contributed by atoms with E-state index in [4.69, 9.17) is 21.1 Å². The third-order valence-electron chi connectivity index (χ3n) is 4.17. The Bertz CT molecular complexity index is 871. The Kier molecular flexibility index (Phi) is 5.83. The predicted octanol–water partition coefficient (Wildman–Crippen LogP) is 2.07. The summed E-state index contributed by atoms with van der Waals surface area (Å²) in [5.41, 5.74) is 1.95. The van der Waals surface area contributed by atoms with E-state index in [1.54, 1.807) is 24.3 Å². The number of hydrogen-bond donors (Lipinski definition) is 3. The molecule has 2 aromatic rings. The molecule has 0 radical (unpaired) electrons. The number of aliphatic hydroxyl groups is 1. The first-order valence-corrected chi connectivity index (χ1v) is 8.72. The van der Waals surface area contributed by atoms with Crippen molar-refractivity contribution in [3.05, 3.63) is 52.5 Å². The summed E-state index contributed by atoms with van der Waals surface area (Å²) in [7, 11) is 1.44. The van der Waals surface area contributed by atoms with Gasteiger partial charge >= 0.3 is 11.8 Å². The van der Waals surface area contributed by atoms with Crippen molar-refractivity contribution in [3.63, 3.8) is 0 Å². The highest BCUT2D eigenvalue weighted by atomic mass is 35.5. The largest absolute Gasteiger partial charge is 0.495 e. The van der Waals surface area contributed by atoms with Gasteiger partial charge in [-0.25, -0.2) is 0 Å². The van der Waals surface area contributed by atoms with Gasteiger partial charge in [0.25, 0.3) is 0 Å². The van der Waals surface area contributed by atoms with Crippen molar-refractivity contribution >= 4 is 29.1 Å². The Labute approximate surface area is 161 Å². The zero-order chi connectivity index (χ0) is 19.4. The second-order valence-corrected chi connectivity index (χ2v) is 6.43. The zero-order valence-corrected chi connectivity index (χ0v) is 15.4. The van der Waals surface area contributed by atoms with E-state index in [1.165, 1.54) is 13.2 Å². The van der Waals surface area contributed by atoms with Crippen LogP contribution in [0.15, 0.2) is 36.4 Å². The molecular formula is C19H19ClN2O5. The highest BCUT2D eigenvalue weighted by Crippen LogP contribution is 2.28. The van der Waals surface area contributed by atoms with Crippen LogP contribution in [0.1, 0.15) is 17.2 Å². The summed E-state index contributed by atoms with van der Waals surface area (Å²) in [6.45, 7) is 0.525. The average Bonchev–Trinajstić information content (AvgIpc) is 3.13. The maximum absolute atomic E-state index is 12.1. The molecule has 0 spiro atoms. The number of halogens is 1. The fraction of sp³-hybridized carbons (Fsp3) is 0.263. The minimum absolute atomic E-state index is 0.0986. The number of carbonyl (C=O) groups is 2. The monoisotopic (exact) mass is 390 g/mol. The fourth-order valence-electron chi connectivity index (χ4n) is 2.76. The van der Waals surface area contributed by atoms with Gasteiger partial charge in [-0.15, -0.1) is 0 Å². The molecule has 27 heavy (non-hydrogen) atoms. The molecule has 2 aromatic carbocycles. The van der Waals surface area contributed by atoms with Gasteiger partial charge in [0, 0.05) is 18.0 Å². The van der Waals surface area contributed by atoms with Crippen LogP contribution in [0.4, 0.5) is 5.69 Å². The summed E-state index contributed by atoms with van der Waals surface area (Å²) in [5, 5.41) is 15.5. The number of nitrogens with one attached hydrogen (secondary N) is 2. The van der Waals surface area contributed by atoms with E-state index in [0.717, 1.165) is 17.7 Å². The second-order valence-electron chi connectivity index (χ2n) is 5.99. The van der Waals surface area contributed by atoms with E-state index in [2.05, 4.69) is 10.6 Å². The molecule has 3 rings (SSSR count). The first kappa shape index (κ1) is 19.0. The number of benzene rings is 2. The maximum atomic E-state index is 12.1. The van der Waals surface area contributed by atoms with Gasteiger partial charge < -0.3 is 25.2 Å². The minimum atomic E-state index is -0.937. The van der Waals surface area contributed by atoms with Gasteiger partial charge in [0.05, 0.1) is 25.5 Å². The van der Waals surface area contributed by atoms with Crippen molar-refractivity contribution in [1.29, 1.82) is 0 Å². The molecule has 0 saturated carbocycles. The van der Waals surface area contributed by atoms with E-state index in [9.17, 15) is 14.7 Å². The molecule has 7 nitrogen and oxygen atoms in total. The van der Waals surface area contributed by atoms with Crippen molar-refractivity contribution in [3.8, 4) is 11.5 Å². The zero-order valence-electron chi connectivity index (χ0n) is 14.6. The van der Waals surface area contributed by atoms with Gasteiger partial charge in [-0.2, -0.15) is 0 Å². The fourth-order valence-corrected chi connectivity index (χ4v) is 2.93. The number of ether oxygens (including phenoxy) is 2. The lowest BCUT2D eigenvalue weighted by Gasteiger charge is -2.14. The molecule has 0 saturated heterocycles. The molecule has 1 atom stereocenters. The SMILES string of the molecule is COc1ccc(Cl)cc1NC(=O)C(=O)NC[C@H](O)c1ccc2c(c1)CCO2. The summed E-state index contributed by atoms with van der Waals surface area (Å²) in [6.07, 6.45) is -0.153. The highest BCUT2D eigenvalue weighted by Gasteiger charge is 2.19. The number of anilines is 1. The van der Waals surface area contributed by atoms with Crippen molar-refractivity contribution in [1.82, 2.24) is 5.32 Å². The molecule has 1 aliphatic rings. The molecule has 142 valence electrons. The maximum Gasteiger partial charge on any atom is 0.313 e. The van der Waals surface area contributed by atoms with Crippen LogP contribution < -0.4 is 20.1 Å². The number of carbonyl (C=O) groups excluding carboxylic acids is 2. The summed E-state index contributed by atoms with van der Waals surface area (Å²) in [6, 6.07) is 10.0. The van der Waals surface area contributed by atoms with Crippen LogP contribution >= 0.6 is 11.6 Å². The third-order valence-corrected chi connectivity index (χ3v) is 4.41. The molecule has 1 aliphatic heterocycles. The lowest BCUT2D eigenvalue weighted by Crippen LogP contribution is -2.37. The smallest absolute Gasteiger partial charge is 0.313 e. The Balaban J connectivity index is 1.57. The lowest BCUT2D eigenvalue weighted by atomic mass is 10.0. The second kappa shape index (κ2) is 8.28. The van der Waals surface area contributed by atoms with E-state index < -0.39 is 17.9 Å². The molecule has 0 aliphatic carbocycles. The van der Waals surface area contributed by atoms with Gasteiger partial charge in [-0.1, -0.05) is 17.7 Å². The van der Waals surface area contributed by atoms with Gasteiger partial charge in [-0.3, -0.25) is 9.59 Å². The van der Waals surface area contributed by atoms with Crippen LogP contribution in [0.3, 0.4) is 0 Å². The van der Waals surface area contributed by atoms with E-state index in [-0.39, 0.29) is 12.2 Å². The summed E-state index contributed by atoms with van der Waals surface area (Å²) in [4.78, 5) is 24.1. The molecule has 0 unspecified atom stereocenters. The number of amides is 2. The van der Waals surface area contributed by atoms with Crippen molar-refractivity contribution in [2.24, 2.45) is 0 Å². The van der Waals surface area contributed by atoms with Crippen LogP contribution in [0.5, 0.6) is 11.5 Å². The Morgan fingerprint density at radius 3 is 2.85 bits per heavy atom. The average molecular weight is 391 g/mol. The van der Waals surface area contributed by atoms with Crippen LogP contribution in [0.25, 0.3) is 0 Å². The minimum Gasteiger partial charge on any atom is -0.495 e. The lowest BCUT2D eigenvalue weighted by molar-refractivity contribution is -0.136. The topological polar surface area (TPSA) is 96.9 Å². The molecule has 2 amide bonds. The Morgan fingerprint density at radius 1 is 1.26 bits per heavy atom. The van der Waals surface area contributed by atoms with E-state index in [0.29, 0.717) is 22.9 Å². The number of methoxy groups -OCH3 is 1. The normalized spacial score (nSPS) is 13.3. The Hall–Kier alpha value is -2.77. The van der Waals surface area contributed by atoms with E-state index in [1.807, 2.05) is 6.07 Å². The van der Waals surface area contributed by atoms with Crippen LogP contribution in [-0.2, 0) is 16.0 Å². The summed E-state index contributed by atoms with van der Waals surface area (Å²) < 4.78 is 10.5. The van der Waals surface area contributed by atoms with Crippen molar-refractivity contribution in [2.45, 2.75) is 12.5 Å². The molecule has 0 bridgehead atoms. The number of hydrogen-bond acceptors (Lipinski definition) is 5. The number of rotatable bonds is 5. The van der Waals surface area contributed by atoms with Crippen LogP contribution in [0.2, 0.25) is 5.02 Å². The molecular weight excluding hydrogens is 372 g/mol. The van der Waals surface area contributed by atoms with E-state index >= 15 is 0 Å². The van der Waals surface area contributed by atoms with Crippen molar-refractivity contribution in [2.75, 3.05) is 25.6 Å². The van der Waals surface area contributed by atoms with Crippen LogP contribution in [-0.4, -0.2) is 37.2 Å². The van der Waals surface area contributed by atoms with Gasteiger partial charge in [0.1, 0.15) is 11.5 Å². The first-order valence-electron chi connectivity index (χ1n) is 8.34. The van der Waals surface area contributed by atoms with Gasteiger partial charge in [0.2, 0.25) is 0 Å². The first-order chi connectivity index (χ1) is 13.0. The number of fused-ring (bicyclic) bond motifs is 1. The molecule has 3 N–H and O–H groups in total. The summed E-state index contributed by atoms with van der Waals surface area (Å²) >= 11 is 5.90. The molecule has 0 aromatic heterocycles. The number of aliphatic hydroxyl groups excluding tert-OH is 1. The quantitative estimate of drug-likeness (QED) is 0.679. The standard InChI is InChI=1S/C19H19ClN2O5/c1-26-17-5-3-13(20)9-14(17)22-19(25)18(24)21-10-15(23)11-2-4-16-12(8-11)6-7-27-16/h2-5,8-9,15,23H,6-7,10H2,1H3,(H,21,24)(H,22,25)/t15-/m0/s1. The third kappa shape index (κ3) is 4.50.